The molecule has 0 radical (unpaired) electrons. The van der Waals surface area contributed by atoms with Crippen molar-refractivity contribution >= 4 is 6.09 Å². The summed E-state index contributed by atoms with van der Waals surface area (Å²) in [6.45, 7) is 10.8. The van der Waals surface area contributed by atoms with E-state index >= 15 is 0 Å². The van der Waals surface area contributed by atoms with Crippen molar-refractivity contribution in [3.63, 3.8) is 0 Å². The molecule has 0 aliphatic heterocycles. The second-order valence-corrected chi connectivity index (χ2v) is 7.15. The summed E-state index contributed by atoms with van der Waals surface area (Å²) in [6.07, 6.45) is 1.48. The number of hydrogen-bond acceptors (Lipinski definition) is 4. The number of carbonyl (C=O) groups excluding carboxylic acids is 1. The van der Waals surface area contributed by atoms with Crippen molar-refractivity contribution in [1.82, 2.24) is 20.2 Å². The molecule has 1 heterocycles. The Balaban J connectivity index is 1.88. The van der Waals surface area contributed by atoms with Crippen molar-refractivity contribution in [2.24, 2.45) is 0 Å². The van der Waals surface area contributed by atoms with Gasteiger partial charge in [0.2, 0.25) is 0 Å². The smallest absolute Gasteiger partial charge is 0.407 e. The number of alkyl carbamates (subject to hydrolysis) is 1. The number of nitrogens with one attached hydrogen (secondary N) is 2. The zero-order valence-corrected chi connectivity index (χ0v) is 15.7. The first-order valence-corrected chi connectivity index (χ1v) is 8.55. The van der Waals surface area contributed by atoms with Gasteiger partial charge in [0, 0.05) is 24.8 Å². The first-order chi connectivity index (χ1) is 11.8. The van der Waals surface area contributed by atoms with Crippen LogP contribution in [0.3, 0.4) is 0 Å². The normalized spacial score (nSPS) is 12.7. The third kappa shape index (κ3) is 5.90. The molecule has 25 heavy (non-hydrogen) atoms. The molecule has 1 aromatic heterocycles. The number of hydrogen-bond donors (Lipinski definition) is 2. The Hall–Kier alpha value is -2.34. The highest BCUT2D eigenvalue weighted by Crippen LogP contribution is 2.14. The molecule has 2 aromatic rings. The van der Waals surface area contributed by atoms with Gasteiger partial charge in [-0.2, -0.15) is 0 Å². The van der Waals surface area contributed by atoms with Gasteiger partial charge in [-0.3, -0.25) is 4.57 Å². The fourth-order valence-corrected chi connectivity index (χ4v) is 2.52. The SMILES string of the molecule is Cc1ncc(CNCC(C)NC(=O)OC(C)(C)C)n1-c1ccccc1. The van der Waals surface area contributed by atoms with E-state index in [1.54, 1.807) is 0 Å². The van der Waals surface area contributed by atoms with E-state index in [-0.39, 0.29) is 6.04 Å². The molecule has 6 nitrogen and oxygen atoms in total. The molecule has 0 aliphatic rings. The highest BCUT2D eigenvalue weighted by atomic mass is 16.6. The average molecular weight is 344 g/mol. The number of imidazole rings is 1. The van der Waals surface area contributed by atoms with Crippen molar-refractivity contribution in [3.05, 3.63) is 48.0 Å². The summed E-state index contributed by atoms with van der Waals surface area (Å²) in [5, 5.41) is 6.19. The highest BCUT2D eigenvalue weighted by Gasteiger charge is 2.17. The lowest BCUT2D eigenvalue weighted by Gasteiger charge is -2.22. The second-order valence-electron chi connectivity index (χ2n) is 7.15. The molecular formula is C19H28N4O2. The van der Waals surface area contributed by atoms with Gasteiger partial charge in [-0.1, -0.05) is 18.2 Å². The summed E-state index contributed by atoms with van der Waals surface area (Å²) in [5.41, 5.74) is 1.68. The minimum atomic E-state index is -0.489. The van der Waals surface area contributed by atoms with Crippen LogP contribution in [-0.2, 0) is 11.3 Å². The second kappa shape index (κ2) is 8.16. The zero-order chi connectivity index (χ0) is 18.4. The van der Waals surface area contributed by atoms with Crippen molar-refractivity contribution in [3.8, 4) is 5.69 Å². The first-order valence-electron chi connectivity index (χ1n) is 8.55. The number of ether oxygens (including phenoxy) is 1. The molecule has 0 saturated heterocycles. The largest absolute Gasteiger partial charge is 0.444 e. The lowest BCUT2D eigenvalue weighted by Crippen LogP contribution is -2.42. The quantitative estimate of drug-likeness (QED) is 0.844. The predicted molar refractivity (Wildman–Crippen MR) is 98.8 cm³/mol. The minimum absolute atomic E-state index is 0.0379. The van der Waals surface area contributed by atoms with Gasteiger partial charge in [-0.05, 0) is 46.8 Å². The van der Waals surface area contributed by atoms with Crippen molar-refractivity contribution < 1.29 is 9.53 Å². The summed E-state index contributed by atoms with van der Waals surface area (Å²) in [5.74, 6) is 0.947. The fourth-order valence-electron chi connectivity index (χ4n) is 2.52. The lowest BCUT2D eigenvalue weighted by molar-refractivity contribution is 0.0508. The van der Waals surface area contributed by atoms with E-state index in [4.69, 9.17) is 4.74 Å². The molecule has 1 unspecified atom stereocenters. The Morgan fingerprint density at radius 3 is 2.60 bits per heavy atom. The molecule has 2 N–H and O–H groups in total. The minimum Gasteiger partial charge on any atom is -0.444 e. The summed E-state index contributed by atoms with van der Waals surface area (Å²) < 4.78 is 7.39. The molecular weight excluding hydrogens is 316 g/mol. The van der Waals surface area contributed by atoms with Crippen molar-refractivity contribution in [2.75, 3.05) is 6.54 Å². The van der Waals surface area contributed by atoms with E-state index in [9.17, 15) is 4.79 Å². The fraction of sp³-hybridized carbons (Fsp3) is 0.474. The predicted octanol–water partition coefficient (Wildman–Crippen LogP) is 3.18. The Morgan fingerprint density at radius 1 is 1.28 bits per heavy atom. The van der Waals surface area contributed by atoms with Gasteiger partial charge >= 0.3 is 6.09 Å². The van der Waals surface area contributed by atoms with Crippen molar-refractivity contribution in [2.45, 2.75) is 52.8 Å². The molecule has 6 heteroatoms. The molecule has 1 amide bonds. The first kappa shape index (κ1) is 19.0. The van der Waals surface area contributed by atoms with Crippen LogP contribution in [0.25, 0.3) is 5.69 Å². The van der Waals surface area contributed by atoms with Crippen LogP contribution >= 0.6 is 0 Å². The van der Waals surface area contributed by atoms with Gasteiger partial charge in [0.05, 0.1) is 11.9 Å². The van der Waals surface area contributed by atoms with E-state index < -0.39 is 11.7 Å². The van der Waals surface area contributed by atoms with E-state index in [0.717, 1.165) is 17.2 Å². The number of para-hydroxylation sites is 1. The number of aromatic nitrogens is 2. The molecule has 2 rings (SSSR count). The Morgan fingerprint density at radius 2 is 1.96 bits per heavy atom. The Kier molecular flexibility index (Phi) is 6.20. The molecule has 1 aromatic carbocycles. The number of nitrogens with zero attached hydrogens (tertiary/aromatic N) is 2. The topological polar surface area (TPSA) is 68.2 Å². The summed E-state index contributed by atoms with van der Waals surface area (Å²) in [7, 11) is 0. The molecule has 136 valence electrons. The Labute approximate surface area is 149 Å². The van der Waals surface area contributed by atoms with Gasteiger partial charge in [0.15, 0.2) is 0 Å². The van der Waals surface area contributed by atoms with E-state index in [0.29, 0.717) is 13.1 Å². The van der Waals surface area contributed by atoms with Crippen LogP contribution in [0, 0.1) is 6.92 Å². The lowest BCUT2D eigenvalue weighted by atomic mass is 10.2. The highest BCUT2D eigenvalue weighted by molar-refractivity contribution is 5.68. The molecule has 0 saturated carbocycles. The zero-order valence-electron chi connectivity index (χ0n) is 15.7. The molecule has 0 aliphatic carbocycles. The molecule has 0 spiro atoms. The van der Waals surface area contributed by atoms with E-state index in [2.05, 4.69) is 32.3 Å². The number of carbonyl (C=O) groups is 1. The van der Waals surface area contributed by atoms with Gasteiger partial charge in [-0.15, -0.1) is 0 Å². The van der Waals surface area contributed by atoms with Gasteiger partial charge < -0.3 is 15.4 Å². The van der Waals surface area contributed by atoms with Crippen LogP contribution < -0.4 is 10.6 Å². The van der Waals surface area contributed by atoms with Crippen LogP contribution in [0.2, 0.25) is 0 Å². The maximum Gasteiger partial charge on any atom is 0.407 e. The van der Waals surface area contributed by atoms with E-state index in [1.165, 1.54) is 0 Å². The maximum absolute atomic E-state index is 11.8. The number of amides is 1. The van der Waals surface area contributed by atoms with Crippen LogP contribution in [0.1, 0.15) is 39.2 Å². The summed E-state index contributed by atoms with van der Waals surface area (Å²) >= 11 is 0. The summed E-state index contributed by atoms with van der Waals surface area (Å²) in [4.78, 5) is 16.2. The monoisotopic (exact) mass is 344 g/mol. The summed E-state index contributed by atoms with van der Waals surface area (Å²) in [6, 6.07) is 10.1. The number of rotatable bonds is 6. The molecule has 1 atom stereocenters. The van der Waals surface area contributed by atoms with Gasteiger partial charge in [0.1, 0.15) is 11.4 Å². The Bertz CT molecular complexity index is 689. The van der Waals surface area contributed by atoms with Crippen LogP contribution in [0.4, 0.5) is 4.79 Å². The van der Waals surface area contributed by atoms with Crippen LogP contribution in [-0.4, -0.2) is 33.8 Å². The third-order valence-electron chi connectivity index (χ3n) is 3.55. The molecule has 0 fully saturated rings. The van der Waals surface area contributed by atoms with E-state index in [1.807, 2.05) is 59.0 Å². The number of aryl methyl sites for hydroxylation is 1. The van der Waals surface area contributed by atoms with Crippen LogP contribution in [0.5, 0.6) is 0 Å². The molecule has 0 bridgehead atoms. The third-order valence-corrected chi connectivity index (χ3v) is 3.55. The van der Waals surface area contributed by atoms with Crippen molar-refractivity contribution in [1.29, 1.82) is 0 Å². The maximum atomic E-state index is 11.8. The average Bonchev–Trinajstić information content (AvgIpc) is 2.87. The van der Waals surface area contributed by atoms with Gasteiger partial charge in [-0.25, -0.2) is 9.78 Å². The number of benzene rings is 1. The van der Waals surface area contributed by atoms with Crippen LogP contribution in [0.15, 0.2) is 36.5 Å². The standard InChI is InChI=1S/C19H28N4O2/c1-14(22-18(24)25-19(3,4)5)11-20-12-17-13-21-15(2)23(17)16-9-7-6-8-10-16/h6-10,13-14,20H,11-12H2,1-5H3,(H,22,24). The van der Waals surface area contributed by atoms with Gasteiger partial charge in [0.25, 0.3) is 0 Å².